The summed E-state index contributed by atoms with van der Waals surface area (Å²) in [6.45, 7) is 3.92. The van der Waals surface area contributed by atoms with Crippen molar-refractivity contribution < 1.29 is 19.1 Å². The molecule has 6 heterocycles. The van der Waals surface area contributed by atoms with Crippen LogP contribution in [-0.4, -0.2) is 64.7 Å². The predicted octanol–water partition coefficient (Wildman–Crippen LogP) is 3.62. The summed E-state index contributed by atoms with van der Waals surface area (Å²) in [6.07, 6.45) is 6.67. The molecule has 3 aromatic rings. The number of fused-ring (bicyclic) bond motifs is 9. The van der Waals surface area contributed by atoms with Gasteiger partial charge in [0.1, 0.15) is 6.04 Å². The molecule has 4 fully saturated rings. The van der Waals surface area contributed by atoms with Crippen LogP contribution in [0.1, 0.15) is 43.4 Å². The molecule has 1 saturated carbocycles. The topological polar surface area (TPSA) is 76.0 Å². The van der Waals surface area contributed by atoms with Crippen molar-refractivity contribution in [2.75, 3.05) is 26.2 Å². The van der Waals surface area contributed by atoms with E-state index in [1.165, 1.54) is 38.8 Å². The van der Waals surface area contributed by atoms with Crippen LogP contribution in [0.25, 0.3) is 16.6 Å². The molecule has 9 rings (SSSR count). The Morgan fingerprint density at radius 1 is 0.923 bits per heavy atom. The lowest BCUT2D eigenvalue weighted by atomic mass is 9.84. The molecule has 2 amide bonds. The fourth-order valence-corrected chi connectivity index (χ4v) is 7.62. The van der Waals surface area contributed by atoms with Crippen molar-refractivity contribution in [3.8, 4) is 17.2 Å². The molecule has 0 spiro atoms. The molecule has 202 valence electrons. The van der Waals surface area contributed by atoms with Gasteiger partial charge in [0.25, 0.3) is 0 Å². The summed E-state index contributed by atoms with van der Waals surface area (Å²) in [5, 5.41) is 3.88. The van der Waals surface area contributed by atoms with Gasteiger partial charge in [-0.05, 0) is 61.3 Å². The van der Waals surface area contributed by atoms with Crippen LogP contribution >= 0.6 is 0 Å². The molecule has 2 atom stereocenters. The third-order valence-corrected chi connectivity index (χ3v) is 9.60. The Kier molecular flexibility index (Phi) is 5.40. The van der Waals surface area contributed by atoms with Gasteiger partial charge in [-0.3, -0.25) is 9.59 Å². The van der Waals surface area contributed by atoms with Gasteiger partial charge in [0.05, 0.1) is 18.6 Å². The zero-order valence-electron chi connectivity index (χ0n) is 22.1. The van der Waals surface area contributed by atoms with Gasteiger partial charge < -0.3 is 29.2 Å². The van der Waals surface area contributed by atoms with Crippen LogP contribution in [0.15, 0.2) is 42.5 Å². The number of hydrogen-bond donors (Lipinski definition) is 1. The largest absolute Gasteiger partial charge is 0.451 e. The van der Waals surface area contributed by atoms with Gasteiger partial charge >= 0.3 is 0 Å². The second-order valence-electron chi connectivity index (χ2n) is 12.0. The van der Waals surface area contributed by atoms with Crippen LogP contribution < -0.4 is 14.8 Å². The number of nitrogens with one attached hydrogen (secondary N) is 1. The van der Waals surface area contributed by atoms with Crippen LogP contribution in [0.5, 0.6) is 11.5 Å². The second kappa shape index (κ2) is 9.01. The number of para-hydroxylation sites is 1. The highest BCUT2D eigenvalue weighted by atomic mass is 16.7. The van der Waals surface area contributed by atoms with Gasteiger partial charge in [0.15, 0.2) is 11.5 Å². The molecule has 2 bridgehead atoms. The lowest BCUT2D eigenvalue weighted by molar-refractivity contribution is -0.146. The number of carbonyl (C=O) groups excluding carboxylic acids is 2. The fourth-order valence-electron chi connectivity index (χ4n) is 7.62. The Morgan fingerprint density at radius 3 is 2.51 bits per heavy atom. The first kappa shape index (κ1) is 23.4. The van der Waals surface area contributed by atoms with Crippen LogP contribution in [0.2, 0.25) is 0 Å². The Morgan fingerprint density at radius 2 is 1.69 bits per heavy atom. The van der Waals surface area contributed by atoms with Gasteiger partial charge in [-0.1, -0.05) is 18.2 Å². The molecule has 6 aliphatic rings. The molecular formula is C31H34N4O4. The second-order valence-corrected chi connectivity index (χ2v) is 12.0. The molecule has 1 N–H and O–H groups in total. The van der Waals surface area contributed by atoms with Gasteiger partial charge in [0, 0.05) is 55.3 Å². The summed E-state index contributed by atoms with van der Waals surface area (Å²) in [5.41, 5.74) is 4.24. The molecule has 8 heteroatoms. The summed E-state index contributed by atoms with van der Waals surface area (Å²) in [6, 6.07) is 14.0. The Bertz CT molecular complexity index is 1460. The minimum atomic E-state index is -0.449. The van der Waals surface area contributed by atoms with Crippen molar-refractivity contribution >= 4 is 22.7 Å². The van der Waals surface area contributed by atoms with E-state index in [2.05, 4.69) is 39.0 Å². The van der Waals surface area contributed by atoms with Crippen molar-refractivity contribution in [3.63, 3.8) is 0 Å². The molecule has 1 aromatic heterocycles. The van der Waals surface area contributed by atoms with E-state index in [4.69, 9.17) is 9.47 Å². The van der Waals surface area contributed by atoms with E-state index in [1.807, 2.05) is 18.2 Å². The van der Waals surface area contributed by atoms with Crippen molar-refractivity contribution in [2.24, 2.45) is 11.8 Å². The molecule has 2 unspecified atom stereocenters. The smallest absolute Gasteiger partial charge is 0.243 e. The zero-order chi connectivity index (χ0) is 26.1. The summed E-state index contributed by atoms with van der Waals surface area (Å²) < 4.78 is 14.8. The number of ether oxygens (including phenoxy) is 2. The minimum Gasteiger partial charge on any atom is -0.451 e. The average molecular weight is 527 g/mol. The third-order valence-electron chi connectivity index (χ3n) is 9.60. The SMILES string of the molecule is O=C1NCC(=O)N2Cc3c(c4ccccc4n3-c3ccc4c(c3)OC(CCN3C[C@H]5CC[C@H](CC5)C3)O4)CC12. The number of nitrogens with zero attached hydrogens (tertiary/aromatic N) is 3. The first-order valence-corrected chi connectivity index (χ1v) is 14.5. The Balaban J connectivity index is 1.07. The standard InChI is InChI=1S/C31H34N4O4/c36-29-15-32-31(37)25-14-23-22-3-1-2-4-24(22)35(26(23)18-34(25)29)21-9-10-27-28(13-21)39-30(38-27)11-12-33-16-19-5-6-20(17-33)8-7-19/h1-4,9-10,13,19-20,25,30H,5-8,11-12,14-18H2,(H,32,37)/t19-,20+,25?,30?. The van der Waals surface area contributed by atoms with Gasteiger partial charge in [-0.15, -0.1) is 0 Å². The lowest BCUT2D eigenvalue weighted by Crippen LogP contribution is -2.60. The molecule has 5 aliphatic heterocycles. The number of piperazine rings is 1. The maximum atomic E-state index is 12.7. The van der Waals surface area contributed by atoms with E-state index >= 15 is 0 Å². The highest BCUT2D eigenvalue weighted by Gasteiger charge is 2.40. The van der Waals surface area contributed by atoms with Crippen LogP contribution in [0.3, 0.4) is 0 Å². The number of amides is 2. The van der Waals surface area contributed by atoms with E-state index in [0.29, 0.717) is 13.0 Å². The van der Waals surface area contributed by atoms with Crippen LogP contribution in [0.4, 0.5) is 0 Å². The molecule has 3 saturated heterocycles. The summed E-state index contributed by atoms with van der Waals surface area (Å²) in [4.78, 5) is 29.7. The third kappa shape index (κ3) is 3.91. The molecule has 39 heavy (non-hydrogen) atoms. The summed E-state index contributed by atoms with van der Waals surface area (Å²) in [7, 11) is 0. The quantitative estimate of drug-likeness (QED) is 0.562. The predicted molar refractivity (Wildman–Crippen MR) is 146 cm³/mol. The number of hydrogen-bond acceptors (Lipinski definition) is 5. The molecular weight excluding hydrogens is 492 g/mol. The number of aromatic nitrogens is 1. The van der Waals surface area contributed by atoms with Crippen molar-refractivity contribution in [2.45, 2.75) is 57.4 Å². The number of carbonyl (C=O) groups is 2. The maximum Gasteiger partial charge on any atom is 0.243 e. The molecule has 1 aliphatic carbocycles. The van der Waals surface area contributed by atoms with Crippen molar-refractivity contribution in [1.29, 1.82) is 0 Å². The van der Waals surface area contributed by atoms with Crippen LogP contribution in [-0.2, 0) is 22.6 Å². The van der Waals surface area contributed by atoms with Gasteiger partial charge in [0.2, 0.25) is 18.1 Å². The highest BCUT2D eigenvalue weighted by Crippen LogP contribution is 2.41. The Hall–Kier alpha value is -3.52. The minimum absolute atomic E-state index is 0.0343. The normalized spacial score (nSPS) is 27.8. The average Bonchev–Trinajstić information content (AvgIpc) is 3.36. The first-order valence-electron chi connectivity index (χ1n) is 14.5. The summed E-state index contributed by atoms with van der Waals surface area (Å²) in [5.74, 6) is 3.17. The van der Waals surface area contributed by atoms with Crippen molar-refractivity contribution in [1.82, 2.24) is 19.7 Å². The molecule has 2 aromatic carbocycles. The zero-order valence-corrected chi connectivity index (χ0v) is 22.1. The van der Waals surface area contributed by atoms with E-state index in [1.54, 1.807) is 4.90 Å². The van der Waals surface area contributed by atoms with E-state index in [9.17, 15) is 9.59 Å². The van der Waals surface area contributed by atoms with Gasteiger partial charge in [-0.25, -0.2) is 0 Å². The number of benzene rings is 2. The lowest BCUT2D eigenvalue weighted by Gasteiger charge is -2.38. The monoisotopic (exact) mass is 526 g/mol. The first-order chi connectivity index (χ1) is 19.1. The van der Waals surface area contributed by atoms with Crippen LogP contribution in [0, 0.1) is 11.8 Å². The Labute approximate surface area is 227 Å². The van der Waals surface area contributed by atoms with E-state index < -0.39 is 6.04 Å². The fraction of sp³-hybridized carbons (Fsp3) is 0.484. The molecule has 8 nitrogen and oxygen atoms in total. The highest BCUT2D eigenvalue weighted by molar-refractivity contribution is 5.97. The van der Waals surface area contributed by atoms with E-state index in [0.717, 1.165) is 64.1 Å². The maximum absolute atomic E-state index is 12.7. The van der Waals surface area contributed by atoms with E-state index in [-0.39, 0.29) is 24.6 Å². The van der Waals surface area contributed by atoms with Crippen molar-refractivity contribution in [3.05, 3.63) is 53.7 Å². The summed E-state index contributed by atoms with van der Waals surface area (Å²) >= 11 is 0. The number of rotatable bonds is 4. The van der Waals surface area contributed by atoms with Gasteiger partial charge in [-0.2, -0.15) is 0 Å². The molecule has 0 radical (unpaired) electrons.